The minimum Gasteiger partial charge on any atom is -0.379 e. The second kappa shape index (κ2) is 12.6. The van der Waals surface area contributed by atoms with Crippen LogP contribution >= 0.6 is 24.0 Å². The Kier molecular flexibility index (Phi) is 10.5. The number of carbonyl (C=O) groups is 1. The molecule has 2 aliphatic heterocycles. The van der Waals surface area contributed by atoms with E-state index in [0.717, 1.165) is 64.9 Å². The number of morpholine rings is 1. The molecule has 0 radical (unpaired) electrons. The van der Waals surface area contributed by atoms with Crippen LogP contribution in [0.1, 0.15) is 44.7 Å². The number of hydrogen-bond donors (Lipinski definition) is 2. The number of fused-ring (bicyclic) bond motifs is 1. The van der Waals surface area contributed by atoms with Crippen molar-refractivity contribution in [1.82, 2.24) is 20.4 Å². The molecule has 0 aliphatic carbocycles. The standard InChI is InChI=1S/C23H37N5O2.HI/c1-4-24-22(26-18-23(2,3)28-12-14-30-15-13-28)25-11-7-10-21(29)27-16-19-8-5-6-9-20(19)17-27;/h5-6,8-9H,4,7,10-18H2,1-3H3,(H2,24,25,26);1H. The minimum atomic E-state index is -0.00709. The van der Waals surface area contributed by atoms with E-state index in [1.807, 2.05) is 17.0 Å². The lowest BCUT2D eigenvalue weighted by Gasteiger charge is -2.39. The number of ether oxygens (including phenoxy) is 1. The molecule has 174 valence electrons. The van der Waals surface area contributed by atoms with Crippen LogP contribution in [0.4, 0.5) is 0 Å². The molecule has 1 aromatic carbocycles. The minimum absolute atomic E-state index is 0. The van der Waals surface area contributed by atoms with Crippen molar-refractivity contribution >= 4 is 35.8 Å². The van der Waals surface area contributed by atoms with Crippen molar-refractivity contribution in [3.63, 3.8) is 0 Å². The summed E-state index contributed by atoms with van der Waals surface area (Å²) in [4.78, 5) is 21.7. The molecule has 0 unspecified atom stereocenters. The highest BCUT2D eigenvalue weighted by Crippen LogP contribution is 2.22. The van der Waals surface area contributed by atoms with Gasteiger partial charge in [0.15, 0.2) is 5.96 Å². The molecule has 1 amide bonds. The van der Waals surface area contributed by atoms with E-state index < -0.39 is 0 Å². The summed E-state index contributed by atoms with van der Waals surface area (Å²) >= 11 is 0. The number of amides is 1. The molecule has 3 rings (SSSR count). The van der Waals surface area contributed by atoms with Gasteiger partial charge in [0.2, 0.25) is 5.91 Å². The van der Waals surface area contributed by atoms with E-state index in [0.29, 0.717) is 13.0 Å². The number of hydrogen-bond acceptors (Lipinski definition) is 4. The van der Waals surface area contributed by atoms with Gasteiger partial charge in [-0.15, -0.1) is 24.0 Å². The van der Waals surface area contributed by atoms with Gasteiger partial charge in [-0.2, -0.15) is 0 Å². The summed E-state index contributed by atoms with van der Waals surface area (Å²) in [7, 11) is 0. The van der Waals surface area contributed by atoms with Gasteiger partial charge in [0, 0.05) is 51.2 Å². The Hall–Kier alpha value is -1.39. The fourth-order valence-corrected chi connectivity index (χ4v) is 4.00. The van der Waals surface area contributed by atoms with Gasteiger partial charge >= 0.3 is 0 Å². The number of nitrogens with zero attached hydrogens (tertiary/aromatic N) is 3. The summed E-state index contributed by atoms with van der Waals surface area (Å²) in [6.07, 6.45) is 1.35. The largest absolute Gasteiger partial charge is 0.379 e. The number of rotatable bonds is 8. The highest BCUT2D eigenvalue weighted by molar-refractivity contribution is 14.0. The summed E-state index contributed by atoms with van der Waals surface area (Å²) in [6.45, 7) is 13.8. The molecular weight excluding hydrogens is 505 g/mol. The third-order valence-electron chi connectivity index (χ3n) is 5.89. The molecule has 2 N–H and O–H groups in total. The second-order valence-electron chi connectivity index (χ2n) is 8.66. The van der Waals surface area contributed by atoms with Crippen molar-refractivity contribution in [3.8, 4) is 0 Å². The van der Waals surface area contributed by atoms with Gasteiger partial charge in [0.05, 0.1) is 19.8 Å². The first kappa shape index (κ1) is 25.9. The maximum atomic E-state index is 12.6. The Morgan fingerprint density at radius 1 is 1.13 bits per heavy atom. The molecule has 2 aliphatic rings. The number of aliphatic imine (C=N–C) groups is 1. The molecule has 0 atom stereocenters. The lowest BCUT2D eigenvalue weighted by molar-refractivity contribution is -0.131. The first-order valence-corrected chi connectivity index (χ1v) is 11.2. The molecule has 2 heterocycles. The number of halogens is 1. The topological polar surface area (TPSA) is 69.2 Å². The molecule has 0 aromatic heterocycles. The van der Waals surface area contributed by atoms with E-state index in [1.54, 1.807) is 0 Å². The first-order chi connectivity index (χ1) is 14.5. The van der Waals surface area contributed by atoms with Gasteiger partial charge in [0.1, 0.15) is 0 Å². The Labute approximate surface area is 204 Å². The Bertz CT molecular complexity index is 709. The zero-order chi connectivity index (χ0) is 21.4. The smallest absolute Gasteiger partial charge is 0.223 e. The van der Waals surface area contributed by atoms with Crippen LogP contribution in [0.5, 0.6) is 0 Å². The molecular formula is C23H38IN5O2. The van der Waals surface area contributed by atoms with Crippen LogP contribution in [-0.4, -0.2) is 73.1 Å². The third kappa shape index (κ3) is 7.61. The average Bonchev–Trinajstić information content (AvgIpc) is 3.20. The van der Waals surface area contributed by atoms with Crippen LogP contribution in [0.25, 0.3) is 0 Å². The predicted octanol–water partition coefficient (Wildman–Crippen LogP) is 2.59. The van der Waals surface area contributed by atoms with Gasteiger partial charge in [-0.05, 0) is 38.3 Å². The summed E-state index contributed by atoms with van der Waals surface area (Å²) in [5, 5.41) is 6.70. The molecule has 7 nitrogen and oxygen atoms in total. The van der Waals surface area contributed by atoms with Gasteiger partial charge in [0.25, 0.3) is 0 Å². The molecule has 1 aromatic rings. The molecule has 0 saturated carbocycles. The Morgan fingerprint density at radius 2 is 1.77 bits per heavy atom. The van der Waals surface area contributed by atoms with Crippen molar-refractivity contribution in [2.45, 2.75) is 52.2 Å². The Morgan fingerprint density at radius 3 is 2.39 bits per heavy atom. The number of guanidine groups is 1. The fourth-order valence-electron chi connectivity index (χ4n) is 4.00. The quantitative estimate of drug-likeness (QED) is 0.229. The van der Waals surface area contributed by atoms with E-state index in [9.17, 15) is 4.79 Å². The van der Waals surface area contributed by atoms with Crippen LogP contribution in [0.3, 0.4) is 0 Å². The van der Waals surface area contributed by atoms with Crippen molar-refractivity contribution in [1.29, 1.82) is 0 Å². The van der Waals surface area contributed by atoms with Crippen LogP contribution in [-0.2, 0) is 22.6 Å². The molecule has 8 heteroatoms. The lowest BCUT2D eigenvalue weighted by Crippen LogP contribution is -2.52. The van der Waals surface area contributed by atoms with Gasteiger partial charge in [-0.3, -0.25) is 14.7 Å². The monoisotopic (exact) mass is 543 g/mol. The summed E-state index contributed by atoms with van der Waals surface area (Å²) < 4.78 is 5.47. The maximum Gasteiger partial charge on any atom is 0.223 e. The van der Waals surface area contributed by atoms with Gasteiger partial charge in [-0.25, -0.2) is 0 Å². The fraction of sp³-hybridized carbons (Fsp3) is 0.652. The van der Waals surface area contributed by atoms with Gasteiger partial charge < -0.3 is 20.3 Å². The Balaban J connectivity index is 0.00000341. The van der Waals surface area contributed by atoms with Crippen molar-refractivity contribution in [2.24, 2.45) is 4.99 Å². The molecule has 1 fully saturated rings. The van der Waals surface area contributed by atoms with E-state index in [2.05, 4.69) is 48.4 Å². The highest BCUT2D eigenvalue weighted by atomic mass is 127. The third-order valence-corrected chi connectivity index (χ3v) is 5.89. The van der Waals surface area contributed by atoms with Gasteiger partial charge in [-0.1, -0.05) is 24.3 Å². The van der Waals surface area contributed by atoms with Crippen LogP contribution in [0.2, 0.25) is 0 Å². The van der Waals surface area contributed by atoms with Crippen LogP contribution < -0.4 is 10.6 Å². The summed E-state index contributed by atoms with van der Waals surface area (Å²) in [6, 6.07) is 8.31. The van der Waals surface area contributed by atoms with Crippen LogP contribution in [0.15, 0.2) is 29.3 Å². The van der Waals surface area contributed by atoms with Crippen molar-refractivity contribution < 1.29 is 9.53 Å². The van der Waals surface area contributed by atoms with Crippen molar-refractivity contribution in [3.05, 3.63) is 35.4 Å². The SMILES string of the molecule is CCNC(=NCC(C)(C)N1CCOCC1)NCCCC(=O)N1Cc2ccccc2C1.I. The second-order valence-corrected chi connectivity index (χ2v) is 8.66. The van der Waals surface area contributed by atoms with E-state index in [4.69, 9.17) is 9.73 Å². The normalized spacial score (nSPS) is 17.1. The summed E-state index contributed by atoms with van der Waals surface area (Å²) in [5.74, 6) is 1.04. The lowest BCUT2D eigenvalue weighted by atomic mass is 10.0. The number of carbonyl (C=O) groups excluding carboxylic acids is 1. The molecule has 1 saturated heterocycles. The first-order valence-electron chi connectivity index (χ1n) is 11.2. The summed E-state index contributed by atoms with van der Waals surface area (Å²) in [5.41, 5.74) is 2.54. The number of nitrogens with one attached hydrogen (secondary N) is 2. The molecule has 0 spiro atoms. The molecule has 0 bridgehead atoms. The van der Waals surface area contributed by atoms with E-state index in [-0.39, 0.29) is 35.4 Å². The average molecular weight is 543 g/mol. The van der Waals surface area contributed by atoms with Crippen LogP contribution in [0, 0.1) is 0 Å². The molecule has 31 heavy (non-hydrogen) atoms. The van der Waals surface area contributed by atoms with E-state index in [1.165, 1.54) is 11.1 Å². The zero-order valence-corrected chi connectivity index (χ0v) is 21.5. The maximum absolute atomic E-state index is 12.6. The van der Waals surface area contributed by atoms with E-state index >= 15 is 0 Å². The predicted molar refractivity (Wildman–Crippen MR) is 136 cm³/mol. The number of benzene rings is 1. The highest BCUT2D eigenvalue weighted by Gasteiger charge is 2.28. The zero-order valence-electron chi connectivity index (χ0n) is 19.2. The van der Waals surface area contributed by atoms with Crippen molar-refractivity contribution in [2.75, 3.05) is 45.9 Å².